The highest BCUT2D eigenvalue weighted by molar-refractivity contribution is 6.04. The maximum absolute atomic E-state index is 12.1. The van der Waals surface area contributed by atoms with E-state index in [1.807, 2.05) is 0 Å². The van der Waals surface area contributed by atoms with E-state index in [1.54, 1.807) is 18.2 Å². The maximum Gasteiger partial charge on any atom is 0.336 e. The van der Waals surface area contributed by atoms with Crippen molar-refractivity contribution < 1.29 is 14.7 Å². The first kappa shape index (κ1) is 25.9. The molecule has 4 heteroatoms. The van der Waals surface area contributed by atoms with Crippen LogP contribution in [0.25, 0.3) is 0 Å². The molecule has 1 rings (SSSR count). The lowest BCUT2D eigenvalue weighted by Gasteiger charge is -2.07. The van der Waals surface area contributed by atoms with E-state index in [1.165, 1.54) is 83.1 Å². The summed E-state index contributed by atoms with van der Waals surface area (Å²) in [6.07, 6.45) is 22.3. The van der Waals surface area contributed by atoms with Crippen molar-refractivity contribution in [2.24, 2.45) is 0 Å². The monoisotopic (exact) mass is 415 g/mol. The number of carboxylic acid groups (broad SMARTS) is 1. The lowest BCUT2D eigenvalue weighted by Crippen LogP contribution is -2.26. The number of carbonyl (C=O) groups excluding carboxylic acids is 1. The number of benzene rings is 1. The molecule has 4 nitrogen and oxygen atoms in total. The van der Waals surface area contributed by atoms with Gasteiger partial charge in [0, 0.05) is 6.54 Å². The Morgan fingerprint density at radius 1 is 0.767 bits per heavy atom. The van der Waals surface area contributed by atoms with Gasteiger partial charge in [0.2, 0.25) is 0 Å². The van der Waals surface area contributed by atoms with E-state index in [0.29, 0.717) is 6.54 Å². The molecule has 30 heavy (non-hydrogen) atoms. The third kappa shape index (κ3) is 12.5. The Morgan fingerprint density at radius 3 is 1.83 bits per heavy atom. The fraction of sp³-hybridized carbons (Fsp3) is 0.615. The molecule has 0 atom stereocenters. The zero-order valence-corrected chi connectivity index (χ0v) is 18.8. The number of carboxylic acids is 1. The van der Waals surface area contributed by atoms with E-state index >= 15 is 0 Å². The molecule has 0 radical (unpaired) electrons. The molecule has 0 unspecified atom stereocenters. The van der Waals surface area contributed by atoms with Gasteiger partial charge in [0.05, 0.1) is 11.1 Å². The van der Waals surface area contributed by atoms with Crippen LogP contribution in [0.3, 0.4) is 0 Å². The van der Waals surface area contributed by atoms with Crippen molar-refractivity contribution in [1.82, 2.24) is 5.32 Å². The topological polar surface area (TPSA) is 66.4 Å². The minimum Gasteiger partial charge on any atom is -0.478 e. The third-order valence-corrected chi connectivity index (χ3v) is 5.38. The summed E-state index contributed by atoms with van der Waals surface area (Å²) in [7, 11) is 0. The largest absolute Gasteiger partial charge is 0.478 e. The Bertz CT molecular complexity index is 624. The summed E-state index contributed by atoms with van der Waals surface area (Å²) in [5.41, 5.74) is 0.283. The van der Waals surface area contributed by atoms with Crippen molar-refractivity contribution in [3.05, 3.63) is 47.5 Å². The van der Waals surface area contributed by atoms with Gasteiger partial charge in [-0.05, 0) is 44.2 Å². The van der Waals surface area contributed by atoms with Crippen LogP contribution in [-0.4, -0.2) is 23.5 Å². The predicted molar refractivity (Wildman–Crippen MR) is 125 cm³/mol. The summed E-state index contributed by atoms with van der Waals surface area (Å²) in [4.78, 5) is 23.3. The van der Waals surface area contributed by atoms with Gasteiger partial charge in [-0.2, -0.15) is 0 Å². The van der Waals surface area contributed by atoms with Crippen LogP contribution in [0.1, 0.15) is 118 Å². The Balaban J connectivity index is 1.94. The predicted octanol–water partition coefficient (Wildman–Crippen LogP) is 7.15. The number of amides is 1. The molecule has 0 spiro atoms. The highest BCUT2D eigenvalue weighted by Crippen LogP contribution is 2.11. The first-order valence-electron chi connectivity index (χ1n) is 11.9. The van der Waals surface area contributed by atoms with E-state index < -0.39 is 5.97 Å². The summed E-state index contributed by atoms with van der Waals surface area (Å²) in [5.74, 6) is -1.38. The molecule has 1 aromatic rings. The van der Waals surface area contributed by atoms with Crippen LogP contribution in [0.5, 0.6) is 0 Å². The molecule has 0 aliphatic rings. The first-order valence-corrected chi connectivity index (χ1v) is 11.9. The van der Waals surface area contributed by atoms with Gasteiger partial charge in [-0.15, -0.1) is 0 Å². The second kappa shape index (κ2) is 17.7. The average Bonchev–Trinajstić information content (AvgIpc) is 2.75. The summed E-state index contributed by atoms with van der Waals surface area (Å²) < 4.78 is 0. The zero-order valence-electron chi connectivity index (χ0n) is 18.8. The standard InChI is InChI=1S/C26H41NO3/c1-2-3-4-5-6-7-8-9-10-11-12-13-14-15-16-19-22-27-25(28)23-20-17-18-21-24(23)26(29)30/h9-10,17-18,20-21H,2-8,11-16,19,22H2,1H3,(H,27,28)(H,29,30)/b10-9-. The number of carbonyl (C=O) groups is 2. The highest BCUT2D eigenvalue weighted by atomic mass is 16.4. The Morgan fingerprint density at radius 2 is 1.27 bits per heavy atom. The second-order valence-corrected chi connectivity index (χ2v) is 8.04. The number of allylic oxidation sites excluding steroid dienone is 2. The van der Waals surface area contributed by atoms with Crippen LogP contribution in [0, 0.1) is 0 Å². The number of nitrogens with one attached hydrogen (secondary N) is 1. The molecule has 0 aromatic heterocycles. The molecule has 2 N–H and O–H groups in total. The Kier molecular flexibility index (Phi) is 15.3. The normalized spacial score (nSPS) is 11.1. The van der Waals surface area contributed by atoms with Gasteiger partial charge in [0.1, 0.15) is 0 Å². The maximum atomic E-state index is 12.1. The summed E-state index contributed by atoms with van der Waals surface area (Å²) >= 11 is 0. The van der Waals surface area contributed by atoms with Gasteiger partial charge in [-0.1, -0.05) is 89.0 Å². The van der Waals surface area contributed by atoms with Crippen molar-refractivity contribution >= 4 is 11.9 Å². The summed E-state index contributed by atoms with van der Waals surface area (Å²) in [6, 6.07) is 6.33. The minimum absolute atomic E-state index is 0.0519. The van der Waals surface area contributed by atoms with E-state index in [4.69, 9.17) is 5.11 Å². The van der Waals surface area contributed by atoms with Crippen LogP contribution in [0.15, 0.2) is 36.4 Å². The highest BCUT2D eigenvalue weighted by Gasteiger charge is 2.14. The lowest BCUT2D eigenvalue weighted by molar-refractivity contribution is 0.0691. The summed E-state index contributed by atoms with van der Waals surface area (Å²) in [5, 5.41) is 12.0. The minimum atomic E-state index is -1.07. The van der Waals surface area contributed by atoms with Crippen LogP contribution in [0.2, 0.25) is 0 Å². The second-order valence-electron chi connectivity index (χ2n) is 8.04. The third-order valence-electron chi connectivity index (χ3n) is 5.38. The molecule has 168 valence electrons. The molecule has 0 heterocycles. The quantitative estimate of drug-likeness (QED) is 0.197. The fourth-order valence-electron chi connectivity index (χ4n) is 3.54. The Hall–Kier alpha value is -2.10. The SMILES string of the molecule is CCCCCCCC/C=C\CCCCCCCCNC(=O)c1ccccc1C(=O)O. The molecule has 0 aliphatic carbocycles. The van der Waals surface area contributed by atoms with Crippen molar-refractivity contribution in [3.63, 3.8) is 0 Å². The van der Waals surface area contributed by atoms with Gasteiger partial charge in [0.25, 0.3) is 5.91 Å². The number of rotatable bonds is 18. The molecular formula is C26H41NO3. The van der Waals surface area contributed by atoms with Crippen LogP contribution in [-0.2, 0) is 0 Å². The van der Waals surface area contributed by atoms with Crippen LogP contribution < -0.4 is 5.32 Å². The average molecular weight is 416 g/mol. The van der Waals surface area contributed by atoms with Gasteiger partial charge >= 0.3 is 5.97 Å². The van der Waals surface area contributed by atoms with Gasteiger partial charge < -0.3 is 10.4 Å². The molecular weight excluding hydrogens is 374 g/mol. The number of unbranched alkanes of at least 4 members (excludes halogenated alkanes) is 12. The molecule has 0 bridgehead atoms. The van der Waals surface area contributed by atoms with E-state index in [9.17, 15) is 9.59 Å². The molecule has 0 saturated heterocycles. The summed E-state index contributed by atoms with van der Waals surface area (Å²) in [6.45, 7) is 2.85. The Labute approximate surface area is 183 Å². The lowest BCUT2D eigenvalue weighted by atomic mass is 10.1. The van der Waals surface area contributed by atoms with Crippen LogP contribution in [0.4, 0.5) is 0 Å². The molecule has 1 amide bonds. The number of hydrogen-bond acceptors (Lipinski definition) is 2. The first-order chi connectivity index (χ1) is 14.7. The van der Waals surface area contributed by atoms with Crippen molar-refractivity contribution in [3.8, 4) is 0 Å². The number of aromatic carboxylic acids is 1. The smallest absolute Gasteiger partial charge is 0.336 e. The molecule has 0 aliphatic heterocycles. The van der Waals surface area contributed by atoms with Crippen molar-refractivity contribution in [2.45, 2.75) is 96.8 Å². The fourth-order valence-corrected chi connectivity index (χ4v) is 3.54. The van der Waals surface area contributed by atoms with Crippen LogP contribution >= 0.6 is 0 Å². The van der Waals surface area contributed by atoms with E-state index in [2.05, 4.69) is 24.4 Å². The van der Waals surface area contributed by atoms with Crippen molar-refractivity contribution in [2.75, 3.05) is 6.54 Å². The molecule has 1 aromatic carbocycles. The molecule has 0 saturated carbocycles. The van der Waals surface area contributed by atoms with Crippen molar-refractivity contribution in [1.29, 1.82) is 0 Å². The van der Waals surface area contributed by atoms with Gasteiger partial charge in [-0.25, -0.2) is 4.79 Å². The molecule has 0 fully saturated rings. The number of hydrogen-bond donors (Lipinski definition) is 2. The van der Waals surface area contributed by atoms with Gasteiger partial charge in [0.15, 0.2) is 0 Å². The van der Waals surface area contributed by atoms with Gasteiger partial charge in [-0.3, -0.25) is 4.79 Å². The zero-order chi connectivity index (χ0) is 21.9. The van der Waals surface area contributed by atoms with E-state index in [0.717, 1.165) is 12.8 Å². The van der Waals surface area contributed by atoms with E-state index in [-0.39, 0.29) is 17.0 Å².